The Balaban J connectivity index is 1.63. The fourth-order valence-corrected chi connectivity index (χ4v) is 4.60. The van der Waals surface area contributed by atoms with Gasteiger partial charge in [0, 0.05) is 17.3 Å². The van der Waals surface area contributed by atoms with Crippen LogP contribution in [-0.2, 0) is 9.84 Å². The van der Waals surface area contributed by atoms with Crippen LogP contribution in [0.4, 0.5) is 10.1 Å². The number of nitrogens with one attached hydrogen (secondary N) is 1. The number of amides is 1. The number of hydrogen-bond donors (Lipinski definition) is 1. The van der Waals surface area contributed by atoms with Crippen molar-refractivity contribution in [2.24, 2.45) is 0 Å². The van der Waals surface area contributed by atoms with Crippen molar-refractivity contribution in [3.63, 3.8) is 0 Å². The molecule has 0 radical (unpaired) electrons. The minimum atomic E-state index is -3.29. The summed E-state index contributed by atoms with van der Waals surface area (Å²) in [6.45, 7) is 1.85. The largest absolute Gasteiger partial charge is 0.321 e. The maximum atomic E-state index is 13.2. The van der Waals surface area contributed by atoms with Crippen molar-refractivity contribution in [3.05, 3.63) is 71.0 Å². The highest BCUT2D eigenvalue weighted by Gasteiger charge is 2.17. The van der Waals surface area contributed by atoms with Crippen LogP contribution in [0, 0.1) is 12.7 Å². The van der Waals surface area contributed by atoms with E-state index in [9.17, 15) is 17.6 Å². The van der Waals surface area contributed by atoms with Gasteiger partial charge in [-0.1, -0.05) is 0 Å². The number of anilines is 1. The van der Waals surface area contributed by atoms with Crippen molar-refractivity contribution in [2.45, 2.75) is 11.8 Å². The number of benzene rings is 2. The maximum absolute atomic E-state index is 13.2. The Hall–Kier alpha value is -3.04. The monoisotopic (exact) mass is 429 g/mol. The number of rotatable bonds is 4. The van der Waals surface area contributed by atoms with Crippen molar-refractivity contribution >= 4 is 43.0 Å². The van der Waals surface area contributed by atoms with Crippen LogP contribution in [0.25, 0.3) is 15.9 Å². The van der Waals surface area contributed by atoms with Crippen molar-refractivity contribution in [1.29, 1.82) is 0 Å². The number of hydrogen-bond acceptors (Lipinski definition) is 5. The summed E-state index contributed by atoms with van der Waals surface area (Å²) >= 11 is 1.28. The number of aromatic nitrogens is 2. The predicted molar refractivity (Wildman–Crippen MR) is 111 cm³/mol. The highest BCUT2D eigenvalue weighted by Crippen LogP contribution is 2.31. The Kier molecular flexibility index (Phi) is 4.71. The molecule has 9 heteroatoms. The number of carbonyl (C=O) groups excluding carboxylic acids is 1. The first-order chi connectivity index (χ1) is 13.7. The zero-order valence-corrected chi connectivity index (χ0v) is 17.1. The van der Waals surface area contributed by atoms with Crippen LogP contribution in [0.1, 0.15) is 15.4 Å². The van der Waals surface area contributed by atoms with E-state index in [4.69, 9.17) is 0 Å². The topological polar surface area (TPSA) is 81.1 Å². The van der Waals surface area contributed by atoms with Crippen LogP contribution in [0.2, 0.25) is 0 Å². The molecular weight excluding hydrogens is 413 g/mol. The number of nitrogens with zero attached hydrogens (tertiary/aromatic N) is 2. The lowest BCUT2D eigenvalue weighted by atomic mass is 10.3. The summed E-state index contributed by atoms with van der Waals surface area (Å²) in [5.74, 6) is -0.634. The van der Waals surface area contributed by atoms with Crippen LogP contribution < -0.4 is 5.32 Å². The standard InChI is InChI=1S/C20H16FN3O3S2/c1-12-17-11-18(19(25)22-14-5-9-16(10-6-14)29(2,26)27)28-20(17)24(23-12)15-7-3-13(21)4-8-15/h3-11H,1-2H3,(H,22,25). The van der Waals surface area contributed by atoms with Crippen LogP contribution in [0.5, 0.6) is 0 Å². The molecule has 148 valence electrons. The molecule has 0 saturated carbocycles. The first kappa shape index (κ1) is 19.3. The van der Waals surface area contributed by atoms with Crippen LogP contribution in [-0.4, -0.2) is 30.4 Å². The summed E-state index contributed by atoms with van der Waals surface area (Å²) in [6, 6.07) is 13.7. The minimum absolute atomic E-state index is 0.187. The molecular formula is C20H16FN3O3S2. The van der Waals surface area contributed by atoms with Crippen LogP contribution >= 0.6 is 11.3 Å². The fraction of sp³-hybridized carbons (Fsp3) is 0.100. The second-order valence-electron chi connectivity index (χ2n) is 6.55. The Morgan fingerprint density at radius 2 is 1.76 bits per heavy atom. The lowest BCUT2D eigenvalue weighted by Crippen LogP contribution is -2.10. The van der Waals surface area contributed by atoms with Crippen molar-refractivity contribution in [3.8, 4) is 5.69 Å². The molecule has 1 amide bonds. The van der Waals surface area contributed by atoms with Crippen molar-refractivity contribution in [1.82, 2.24) is 9.78 Å². The summed E-state index contributed by atoms with van der Waals surface area (Å²) in [7, 11) is -3.29. The average Bonchev–Trinajstić information content (AvgIpc) is 3.23. The van der Waals surface area contributed by atoms with E-state index in [1.54, 1.807) is 35.0 Å². The van der Waals surface area contributed by atoms with Gasteiger partial charge < -0.3 is 5.32 Å². The van der Waals surface area contributed by atoms with E-state index in [0.717, 1.165) is 22.2 Å². The molecule has 0 aliphatic carbocycles. The third-order valence-corrected chi connectivity index (χ3v) is 6.62. The van der Waals surface area contributed by atoms with Gasteiger partial charge in [0.15, 0.2) is 9.84 Å². The molecule has 6 nitrogen and oxygen atoms in total. The molecule has 0 aliphatic heterocycles. The van der Waals surface area contributed by atoms with Gasteiger partial charge in [0.25, 0.3) is 5.91 Å². The van der Waals surface area contributed by atoms with E-state index in [2.05, 4.69) is 10.4 Å². The van der Waals surface area contributed by atoms with Crippen molar-refractivity contribution in [2.75, 3.05) is 11.6 Å². The highest BCUT2D eigenvalue weighted by atomic mass is 32.2. The van der Waals surface area contributed by atoms with E-state index in [-0.39, 0.29) is 16.6 Å². The molecule has 29 heavy (non-hydrogen) atoms. The number of halogens is 1. The summed E-state index contributed by atoms with van der Waals surface area (Å²) in [5, 5.41) is 8.10. The Labute approximate surface area is 170 Å². The molecule has 0 saturated heterocycles. The maximum Gasteiger partial charge on any atom is 0.265 e. The van der Waals surface area contributed by atoms with Gasteiger partial charge in [-0.25, -0.2) is 17.5 Å². The van der Waals surface area contributed by atoms with E-state index in [0.29, 0.717) is 16.3 Å². The smallest absolute Gasteiger partial charge is 0.265 e. The lowest BCUT2D eigenvalue weighted by Gasteiger charge is -2.05. The number of aryl methyl sites for hydroxylation is 1. The number of thiophene rings is 1. The molecule has 0 atom stereocenters. The fourth-order valence-electron chi connectivity index (χ4n) is 2.89. The van der Waals surface area contributed by atoms with Gasteiger partial charge in [-0.3, -0.25) is 4.79 Å². The molecule has 2 aromatic carbocycles. The Morgan fingerprint density at radius 3 is 2.38 bits per heavy atom. The zero-order valence-electron chi connectivity index (χ0n) is 15.5. The second kappa shape index (κ2) is 7.09. The third kappa shape index (κ3) is 3.79. The second-order valence-corrected chi connectivity index (χ2v) is 9.60. The lowest BCUT2D eigenvalue weighted by molar-refractivity contribution is 0.103. The minimum Gasteiger partial charge on any atom is -0.321 e. The van der Waals surface area contributed by atoms with Gasteiger partial charge in [-0.15, -0.1) is 11.3 Å². The normalized spacial score (nSPS) is 11.7. The summed E-state index contributed by atoms with van der Waals surface area (Å²) in [5.41, 5.74) is 1.96. The van der Waals surface area contributed by atoms with Gasteiger partial charge in [0.2, 0.25) is 0 Å². The summed E-state index contributed by atoms with van der Waals surface area (Å²) in [4.78, 5) is 14.1. The molecule has 2 heterocycles. The third-order valence-electron chi connectivity index (χ3n) is 4.38. The van der Waals surface area contributed by atoms with Gasteiger partial charge in [0.1, 0.15) is 10.6 Å². The SMILES string of the molecule is Cc1nn(-c2ccc(F)cc2)c2sc(C(=O)Nc3ccc(S(C)(=O)=O)cc3)cc12. The molecule has 0 fully saturated rings. The molecule has 0 aliphatic rings. The quantitative estimate of drug-likeness (QED) is 0.527. The van der Waals surface area contributed by atoms with E-state index in [1.165, 1.54) is 35.6 Å². The molecule has 2 aromatic heterocycles. The number of fused-ring (bicyclic) bond motifs is 1. The van der Waals surface area contributed by atoms with Gasteiger partial charge in [-0.05, 0) is 61.5 Å². The molecule has 0 spiro atoms. The summed E-state index contributed by atoms with van der Waals surface area (Å²) in [6.07, 6.45) is 1.13. The van der Waals surface area contributed by atoms with Crippen molar-refractivity contribution < 1.29 is 17.6 Å². The number of carbonyl (C=O) groups is 1. The zero-order chi connectivity index (χ0) is 20.8. The predicted octanol–water partition coefficient (Wildman–Crippen LogP) is 4.19. The van der Waals surface area contributed by atoms with Gasteiger partial charge in [-0.2, -0.15) is 5.10 Å². The van der Waals surface area contributed by atoms with E-state index in [1.807, 2.05) is 6.92 Å². The van der Waals surface area contributed by atoms with E-state index >= 15 is 0 Å². The van der Waals surface area contributed by atoms with Gasteiger partial charge in [0.05, 0.1) is 21.2 Å². The van der Waals surface area contributed by atoms with Gasteiger partial charge >= 0.3 is 0 Å². The Morgan fingerprint density at radius 1 is 1.10 bits per heavy atom. The first-order valence-electron chi connectivity index (χ1n) is 8.59. The first-order valence-corrected chi connectivity index (χ1v) is 11.3. The molecule has 4 rings (SSSR count). The highest BCUT2D eigenvalue weighted by molar-refractivity contribution is 7.90. The molecule has 0 bridgehead atoms. The van der Waals surface area contributed by atoms with Crippen LogP contribution in [0.3, 0.4) is 0 Å². The molecule has 0 unspecified atom stereocenters. The van der Waals surface area contributed by atoms with Crippen LogP contribution in [0.15, 0.2) is 59.5 Å². The number of sulfone groups is 1. The molecule has 1 N–H and O–H groups in total. The average molecular weight is 429 g/mol. The Bertz CT molecular complexity index is 1320. The summed E-state index contributed by atoms with van der Waals surface area (Å²) < 4.78 is 38.0. The van der Waals surface area contributed by atoms with E-state index < -0.39 is 9.84 Å². The molecule has 4 aromatic rings.